The van der Waals surface area contributed by atoms with Crippen molar-refractivity contribution in [1.82, 2.24) is 5.32 Å². The Hall–Kier alpha value is -0.0800. The van der Waals surface area contributed by atoms with Crippen LogP contribution in [0.4, 0.5) is 0 Å². The Bertz CT molecular complexity index is 152. The molecular formula is C10H21NO. The van der Waals surface area contributed by atoms with Gasteiger partial charge in [-0.2, -0.15) is 0 Å². The van der Waals surface area contributed by atoms with Gasteiger partial charge in [-0.1, -0.05) is 13.3 Å². The summed E-state index contributed by atoms with van der Waals surface area (Å²) in [6.45, 7) is 10.7. The molecule has 0 spiro atoms. The van der Waals surface area contributed by atoms with Gasteiger partial charge in [-0.3, -0.25) is 0 Å². The first kappa shape index (κ1) is 10.0. The second-order valence-electron chi connectivity index (χ2n) is 4.67. The van der Waals surface area contributed by atoms with Gasteiger partial charge in [0.05, 0.1) is 11.2 Å². The van der Waals surface area contributed by atoms with Gasteiger partial charge in [-0.15, -0.1) is 0 Å². The van der Waals surface area contributed by atoms with Crippen molar-refractivity contribution in [3.63, 3.8) is 0 Å². The third kappa shape index (κ3) is 2.46. The molecule has 1 atom stereocenters. The summed E-state index contributed by atoms with van der Waals surface area (Å²) in [5.41, 5.74) is 0.0542. The smallest absolute Gasteiger partial charge is 0.0786 e. The standard InChI is InChI=1S/C10H21NO/c1-5-6-10(4)8-11-7-9(2,3)12-10/h11H,5-8H2,1-4H3. The molecule has 12 heavy (non-hydrogen) atoms. The molecule has 1 rings (SSSR count). The lowest BCUT2D eigenvalue weighted by Gasteiger charge is -2.43. The molecule has 0 aliphatic carbocycles. The van der Waals surface area contributed by atoms with E-state index in [0.717, 1.165) is 19.5 Å². The number of rotatable bonds is 2. The number of hydrogen-bond acceptors (Lipinski definition) is 2. The number of hydrogen-bond donors (Lipinski definition) is 1. The number of nitrogens with one attached hydrogen (secondary N) is 1. The first-order valence-electron chi connectivity index (χ1n) is 4.88. The van der Waals surface area contributed by atoms with Gasteiger partial charge in [-0.05, 0) is 27.2 Å². The van der Waals surface area contributed by atoms with Crippen molar-refractivity contribution in [2.45, 2.75) is 51.7 Å². The zero-order chi connectivity index (χ0) is 9.24. The molecule has 0 aromatic rings. The lowest BCUT2D eigenvalue weighted by molar-refractivity contribution is -0.155. The van der Waals surface area contributed by atoms with Crippen LogP contribution in [-0.2, 0) is 4.74 Å². The Labute approximate surface area is 75.7 Å². The summed E-state index contributed by atoms with van der Waals surface area (Å²) in [5, 5.41) is 3.43. The van der Waals surface area contributed by atoms with E-state index in [2.05, 4.69) is 33.0 Å². The summed E-state index contributed by atoms with van der Waals surface area (Å²) in [5.74, 6) is 0. The predicted molar refractivity (Wildman–Crippen MR) is 51.3 cm³/mol. The van der Waals surface area contributed by atoms with Gasteiger partial charge in [0, 0.05) is 13.1 Å². The molecule has 0 saturated carbocycles. The van der Waals surface area contributed by atoms with Crippen LogP contribution in [0.1, 0.15) is 40.5 Å². The Kier molecular flexibility index (Phi) is 2.79. The molecule has 72 valence electrons. The molecule has 1 heterocycles. The fourth-order valence-electron chi connectivity index (χ4n) is 2.04. The molecule has 0 radical (unpaired) electrons. The fraction of sp³-hybridized carbons (Fsp3) is 1.00. The Morgan fingerprint density at radius 3 is 2.42 bits per heavy atom. The summed E-state index contributed by atoms with van der Waals surface area (Å²) in [6, 6.07) is 0. The third-order valence-corrected chi connectivity index (χ3v) is 2.35. The molecule has 1 N–H and O–H groups in total. The van der Waals surface area contributed by atoms with Gasteiger partial charge in [0.1, 0.15) is 0 Å². The first-order valence-corrected chi connectivity index (χ1v) is 4.88. The van der Waals surface area contributed by atoms with E-state index in [0.29, 0.717) is 0 Å². The average Bonchev–Trinajstić information content (AvgIpc) is 1.83. The van der Waals surface area contributed by atoms with E-state index in [4.69, 9.17) is 4.74 Å². The van der Waals surface area contributed by atoms with Crippen LogP contribution in [0.25, 0.3) is 0 Å². The largest absolute Gasteiger partial charge is 0.367 e. The minimum absolute atomic E-state index is 0.00215. The van der Waals surface area contributed by atoms with Crippen LogP contribution in [-0.4, -0.2) is 24.3 Å². The molecule has 1 unspecified atom stereocenters. The van der Waals surface area contributed by atoms with Crippen molar-refractivity contribution in [2.75, 3.05) is 13.1 Å². The lowest BCUT2D eigenvalue weighted by Crippen LogP contribution is -2.56. The Balaban J connectivity index is 2.55. The second kappa shape index (κ2) is 3.35. The van der Waals surface area contributed by atoms with Crippen LogP contribution in [0, 0.1) is 0 Å². The number of ether oxygens (including phenoxy) is 1. The highest BCUT2D eigenvalue weighted by Crippen LogP contribution is 2.27. The maximum atomic E-state index is 6.04. The van der Waals surface area contributed by atoms with Gasteiger partial charge >= 0.3 is 0 Å². The van der Waals surface area contributed by atoms with E-state index in [1.807, 2.05) is 0 Å². The van der Waals surface area contributed by atoms with Crippen LogP contribution < -0.4 is 5.32 Å². The quantitative estimate of drug-likeness (QED) is 0.685. The number of morpholine rings is 1. The third-order valence-electron chi connectivity index (χ3n) is 2.35. The van der Waals surface area contributed by atoms with Crippen LogP contribution in [0.3, 0.4) is 0 Å². The Morgan fingerprint density at radius 1 is 1.25 bits per heavy atom. The summed E-state index contributed by atoms with van der Waals surface area (Å²) in [4.78, 5) is 0. The van der Waals surface area contributed by atoms with E-state index >= 15 is 0 Å². The van der Waals surface area contributed by atoms with Crippen LogP contribution in [0.5, 0.6) is 0 Å². The van der Waals surface area contributed by atoms with Crippen LogP contribution in [0.2, 0.25) is 0 Å². The molecule has 2 nitrogen and oxygen atoms in total. The molecule has 0 aromatic heterocycles. The van der Waals surface area contributed by atoms with Gasteiger partial charge in [0.15, 0.2) is 0 Å². The lowest BCUT2D eigenvalue weighted by atomic mass is 9.95. The van der Waals surface area contributed by atoms with Gasteiger partial charge in [0.25, 0.3) is 0 Å². The topological polar surface area (TPSA) is 21.3 Å². The molecular weight excluding hydrogens is 150 g/mol. The zero-order valence-corrected chi connectivity index (χ0v) is 8.74. The molecule has 1 aliphatic rings. The molecule has 1 aliphatic heterocycles. The minimum Gasteiger partial charge on any atom is -0.367 e. The maximum absolute atomic E-state index is 6.04. The van der Waals surface area contributed by atoms with Gasteiger partial charge < -0.3 is 10.1 Å². The van der Waals surface area contributed by atoms with Crippen molar-refractivity contribution < 1.29 is 4.74 Å². The maximum Gasteiger partial charge on any atom is 0.0786 e. The monoisotopic (exact) mass is 171 g/mol. The Morgan fingerprint density at radius 2 is 1.92 bits per heavy atom. The second-order valence-corrected chi connectivity index (χ2v) is 4.67. The molecule has 0 aromatic carbocycles. The SMILES string of the molecule is CCCC1(C)CNCC(C)(C)O1. The normalized spacial score (nSPS) is 35.0. The van der Waals surface area contributed by atoms with E-state index < -0.39 is 0 Å². The fourth-order valence-corrected chi connectivity index (χ4v) is 2.04. The average molecular weight is 171 g/mol. The van der Waals surface area contributed by atoms with Crippen LogP contribution in [0.15, 0.2) is 0 Å². The molecule has 0 amide bonds. The van der Waals surface area contributed by atoms with Crippen molar-refractivity contribution in [1.29, 1.82) is 0 Å². The molecule has 1 fully saturated rings. The van der Waals surface area contributed by atoms with Crippen molar-refractivity contribution >= 4 is 0 Å². The summed E-state index contributed by atoms with van der Waals surface area (Å²) >= 11 is 0. The molecule has 0 bridgehead atoms. The highest BCUT2D eigenvalue weighted by Gasteiger charge is 2.36. The summed E-state index contributed by atoms with van der Waals surface area (Å²) in [7, 11) is 0. The predicted octanol–water partition coefficient (Wildman–Crippen LogP) is 1.94. The van der Waals surface area contributed by atoms with Crippen molar-refractivity contribution in [3.05, 3.63) is 0 Å². The van der Waals surface area contributed by atoms with E-state index in [9.17, 15) is 0 Å². The summed E-state index contributed by atoms with van der Waals surface area (Å²) in [6.07, 6.45) is 2.33. The van der Waals surface area contributed by atoms with Gasteiger partial charge in [-0.25, -0.2) is 0 Å². The summed E-state index contributed by atoms with van der Waals surface area (Å²) < 4.78 is 6.04. The van der Waals surface area contributed by atoms with E-state index in [1.165, 1.54) is 6.42 Å². The molecule has 1 saturated heterocycles. The van der Waals surface area contributed by atoms with E-state index in [1.54, 1.807) is 0 Å². The first-order chi connectivity index (χ1) is 5.47. The minimum atomic E-state index is 0.00215. The zero-order valence-electron chi connectivity index (χ0n) is 8.74. The highest BCUT2D eigenvalue weighted by atomic mass is 16.5. The van der Waals surface area contributed by atoms with Gasteiger partial charge in [0.2, 0.25) is 0 Å². The van der Waals surface area contributed by atoms with Crippen LogP contribution >= 0.6 is 0 Å². The van der Waals surface area contributed by atoms with Crippen molar-refractivity contribution in [3.8, 4) is 0 Å². The molecule has 2 heteroatoms. The van der Waals surface area contributed by atoms with Crippen molar-refractivity contribution in [2.24, 2.45) is 0 Å². The highest BCUT2D eigenvalue weighted by molar-refractivity contribution is 4.89. The van der Waals surface area contributed by atoms with E-state index in [-0.39, 0.29) is 11.2 Å².